The van der Waals surface area contributed by atoms with Gasteiger partial charge in [-0.3, -0.25) is 4.79 Å². The standard InChI is InChI=1S/C14H25NO3/c1-4-10(3)13(14(17)18)15-12(16)8-11-6-5-9(2)7-11/h9-11,13H,4-8H2,1-3H3,(H,15,16)(H,17,18)/t9?,10-,11?,13-/m0/s1. The van der Waals surface area contributed by atoms with Crippen LogP contribution in [-0.2, 0) is 9.59 Å². The topological polar surface area (TPSA) is 66.4 Å². The van der Waals surface area contributed by atoms with Gasteiger partial charge in [-0.05, 0) is 30.6 Å². The predicted molar refractivity (Wildman–Crippen MR) is 70.1 cm³/mol. The Hall–Kier alpha value is -1.06. The number of hydrogen-bond donors (Lipinski definition) is 2. The summed E-state index contributed by atoms with van der Waals surface area (Å²) in [5, 5.41) is 11.8. The molecule has 1 aliphatic carbocycles. The average Bonchev–Trinajstić information content (AvgIpc) is 2.70. The van der Waals surface area contributed by atoms with Gasteiger partial charge in [0.1, 0.15) is 6.04 Å². The van der Waals surface area contributed by atoms with E-state index < -0.39 is 12.0 Å². The lowest BCUT2D eigenvalue weighted by Gasteiger charge is -2.21. The van der Waals surface area contributed by atoms with Crippen molar-refractivity contribution in [1.29, 1.82) is 0 Å². The lowest BCUT2D eigenvalue weighted by molar-refractivity contribution is -0.143. The molecule has 2 unspecified atom stereocenters. The van der Waals surface area contributed by atoms with Crippen molar-refractivity contribution in [3.8, 4) is 0 Å². The Kier molecular flexibility index (Phi) is 5.63. The zero-order valence-corrected chi connectivity index (χ0v) is 11.6. The molecule has 0 heterocycles. The number of carboxylic acid groups (broad SMARTS) is 1. The number of rotatable bonds is 6. The lowest BCUT2D eigenvalue weighted by atomic mass is 9.97. The van der Waals surface area contributed by atoms with E-state index in [0.29, 0.717) is 18.3 Å². The molecule has 0 radical (unpaired) electrons. The summed E-state index contributed by atoms with van der Waals surface area (Å²) in [7, 11) is 0. The first-order chi connectivity index (χ1) is 8.43. The molecule has 1 aliphatic rings. The zero-order chi connectivity index (χ0) is 13.7. The molecule has 2 N–H and O–H groups in total. The van der Waals surface area contributed by atoms with Gasteiger partial charge >= 0.3 is 5.97 Å². The Balaban J connectivity index is 2.44. The van der Waals surface area contributed by atoms with Crippen LogP contribution in [0.3, 0.4) is 0 Å². The highest BCUT2D eigenvalue weighted by molar-refractivity contribution is 5.83. The fraction of sp³-hybridized carbons (Fsp3) is 0.857. The third kappa shape index (κ3) is 4.31. The Morgan fingerprint density at radius 3 is 2.50 bits per heavy atom. The van der Waals surface area contributed by atoms with Crippen LogP contribution in [0.25, 0.3) is 0 Å². The van der Waals surface area contributed by atoms with Gasteiger partial charge in [0.25, 0.3) is 0 Å². The molecule has 0 saturated heterocycles. The van der Waals surface area contributed by atoms with Gasteiger partial charge in [-0.2, -0.15) is 0 Å². The van der Waals surface area contributed by atoms with Crippen LogP contribution >= 0.6 is 0 Å². The molecular weight excluding hydrogens is 230 g/mol. The minimum atomic E-state index is -0.933. The van der Waals surface area contributed by atoms with Crippen molar-refractivity contribution in [1.82, 2.24) is 5.32 Å². The van der Waals surface area contributed by atoms with Crippen molar-refractivity contribution in [2.75, 3.05) is 0 Å². The van der Waals surface area contributed by atoms with E-state index in [-0.39, 0.29) is 11.8 Å². The minimum absolute atomic E-state index is 0.0334. The fourth-order valence-electron chi connectivity index (χ4n) is 2.69. The molecule has 0 aromatic rings. The number of carbonyl (C=O) groups is 2. The lowest BCUT2D eigenvalue weighted by Crippen LogP contribution is -2.45. The first-order valence-electron chi connectivity index (χ1n) is 6.96. The summed E-state index contributed by atoms with van der Waals surface area (Å²) in [5.74, 6) is 0.0623. The van der Waals surface area contributed by atoms with Gasteiger partial charge in [0.2, 0.25) is 5.91 Å². The molecule has 0 aromatic heterocycles. The first-order valence-corrected chi connectivity index (χ1v) is 6.96. The van der Waals surface area contributed by atoms with E-state index >= 15 is 0 Å². The summed E-state index contributed by atoms with van der Waals surface area (Å²) >= 11 is 0. The fourth-order valence-corrected chi connectivity index (χ4v) is 2.69. The summed E-state index contributed by atoms with van der Waals surface area (Å²) in [6, 6.07) is -0.749. The molecule has 0 bridgehead atoms. The van der Waals surface area contributed by atoms with Gasteiger partial charge in [-0.25, -0.2) is 4.79 Å². The van der Waals surface area contributed by atoms with Crippen LogP contribution in [0.4, 0.5) is 0 Å². The summed E-state index contributed by atoms with van der Waals surface area (Å²) < 4.78 is 0. The second kappa shape index (κ2) is 6.76. The normalized spacial score (nSPS) is 26.6. The Labute approximate surface area is 109 Å². The maximum Gasteiger partial charge on any atom is 0.326 e. The molecule has 1 amide bonds. The largest absolute Gasteiger partial charge is 0.480 e. The number of aliphatic carboxylic acids is 1. The van der Waals surface area contributed by atoms with Gasteiger partial charge < -0.3 is 10.4 Å². The molecule has 1 rings (SSSR count). The van der Waals surface area contributed by atoms with E-state index in [9.17, 15) is 9.59 Å². The van der Waals surface area contributed by atoms with Crippen LogP contribution in [0, 0.1) is 17.8 Å². The van der Waals surface area contributed by atoms with Gasteiger partial charge in [0, 0.05) is 6.42 Å². The van der Waals surface area contributed by atoms with Gasteiger partial charge in [-0.1, -0.05) is 33.6 Å². The van der Waals surface area contributed by atoms with E-state index in [2.05, 4.69) is 12.2 Å². The highest BCUT2D eigenvalue weighted by Crippen LogP contribution is 2.32. The highest BCUT2D eigenvalue weighted by atomic mass is 16.4. The number of nitrogens with one attached hydrogen (secondary N) is 1. The second-order valence-electron chi connectivity index (χ2n) is 5.76. The molecule has 104 valence electrons. The van der Waals surface area contributed by atoms with Crippen molar-refractivity contribution >= 4 is 11.9 Å². The van der Waals surface area contributed by atoms with Crippen molar-refractivity contribution in [3.63, 3.8) is 0 Å². The van der Waals surface area contributed by atoms with Crippen LogP contribution in [0.1, 0.15) is 52.9 Å². The molecule has 1 fully saturated rings. The molecule has 0 spiro atoms. The third-order valence-electron chi connectivity index (χ3n) is 4.07. The molecular formula is C14H25NO3. The zero-order valence-electron chi connectivity index (χ0n) is 11.6. The maximum absolute atomic E-state index is 11.9. The number of carboxylic acids is 1. The predicted octanol–water partition coefficient (Wildman–Crippen LogP) is 2.43. The summed E-state index contributed by atoms with van der Waals surface area (Å²) in [5.41, 5.74) is 0. The molecule has 0 aromatic carbocycles. The van der Waals surface area contributed by atoms with E-state index in [1.54, 1.807) is 0 Å². The quantitative estimate of drug-likeness (QED) is 0.766. The Morgan fingerprint density at radius 1 is 1.39 bits per heavy atom. The number of hydrogen-bond acceptors (Lipinski definition) is 2. The SMILES string of the molecule is CC[C@H](C)[C@H](NC(=O)CC1CCC(C)C1)C(=O)O. The van der Waals surface area contributed by atoms with Gasteiger partial charge in [-0.15, -0.1) is 0 Å². The molecule has 4 nitrogen and oxygen atoms in total. The Bertz CT molecular complexity index is 303. The smallest absolute Gasteiger partial charge is 0.326 e. The van der Waals surface area contributed by atoms with Crippen molar-refractivity contribution < 1.29 is 14.7 Å². The van der Waals surface area contributed by atoms with E-state index in [4.69, 9.17) is 5.11 Å². The van der Waals surface area contributed by atoms with Gasteiger partial charge in [0.15, 0.2) is 0 Å². The number of carbonyl (C=O) groups excluding carboxylic acids is 1. The molecule has 4 heteroatoms. The monoisotopic (exact) mass is 255 g/mol. The summed E-state index contributed by atoms with van der Waals surface area (Å²) in [4.78, 5) is 23.0. The van der Waals surface area contributed by atoms with Crippen molar-refractivity contribution in [2.45, 2.75) is 58.9 Å². The van der Waals surface area contributed by atoms with E-state index in [0.717, 1.165) is 19.3 Å². The minimum Gasteiger partial charge on any atom is -0.480 e. The molecule has 1 saturated carbocycles. The van der Waals surface area contributed by atoms with Crippen molar-refractivity contribution in [2.24, 2.45) is 17.8 Å². The average molecular weight is 255 g/mol. The van der Waals surface area contributed by atoms with E-state index in [1.807, 2.05) is 13.8 Å². The van der Waals surface area contributed by atoms with Crippen LogP contribution in [0.2, 0.25) is 0 Å². The molecule has 0 aliphatic heterocycles. The van der Waals surface area contributed by atoms with Crippen LogP contribution < -0.4 is 5.32 Å². The molecule has 4 atom stereocenters. The summed E-state index contributed by atoms with van der Waals surface area (Å²) in [6.07, 6.45) is 4.60. The highest BCUT2D eigenvalue weighted by Gasteiger charge is 2.28. The molecule has 18 heavy (non-hydrogen) atoms. The summed E-state index contributed by atoms with van der Waals surface area (Å²) in [6.45, 7) is 6.00. The van der Waals surface area contributed by atoms with Crippen LogP contribution in [-0.4, -0.2) is 23.0 Å². The third-order valence-corrected chi connectivity index (χ3v) is 4.07. The first kappa shape index (κ1) is 15.0. The maximum atomic E-state index is 11.9. The van der Waals surface area contributed by atoms with E-state index in [1.165, 1.54) is 6.42 Å². The number of amides is 1. The van der Waals surface area contributed by atoms with Crippen molar-refractivity contribution in [3.05, 3.63) is 0 Å². The van der Waals surface area contributed by atoms with Crippen LogP contribution in [0.15, 0.2) is 0 Å². The van der Waals surface area contributed by atoms with Crippen LogP contribution in [0.5, 0.6) is 0 Å². The Morgan fingerprint density at radius 2 is 2.06 bits per heavy atom. The second-order valence-corrected chi connectivity index (χ2v) is 5.76. The van der Waals surface area contributed by atoms with Gasteiger partial charge in [0.05, 0.1) is 0 Å².